The summed E-state index contributed by atoms with van der Waals surface area (Å²) in [4.78, 5) is 15.2. The van der Waals surface area contributed by atoms with Crippen LogP contribution in [0.4, 0.5) is 5.69 Å². The lowest BCUT2D eigenvalue weighted by atomic mass is 9.97. The molecule has 2 aromatic rings. The second-order valence-electron chi connectivity index (χ2n) is 7.31. The first-order valence-electron chi connectivity index (χ1n) is 9.46. The SMILES string of the molecule is CC(=O)Nc1ccc(S(=O)(=O)NCC2CCN(Cc3cccs3)CC2)c(C)c1. The van der Waals surface area contributed by atoms with Crippen molar-refractivity contribution in [2.75, 3.05) is 25.0 Å². The zero-order valence-electron chi connectivity index (χ0n) is 16.3. The Morgan fingerprint density at radius 1 is 1.25 bits per heavy atom. The summed E-state index contributed by atoms with van der Waals surface area (Å²) < 4.78 is 28.2. The van der Waals surface area contributed by atoms with Crippen molar-refractivity contribution in [2.45, 2.75) is 38.1 Å². The molecule has 0 unspecified atom stereocenters. The summed E-state index contributed by atoms with van der Waals surface area (Å²) in [5.74, 6) is 0.173. The Balaban J connectivity index is 1.52. The highest BCUT2D eigenvalue weighted by atomic mass is 32.2. The predicted octanol–water partition coefficient (Wildman–Crippen LogP) is 3.21. The van der Waals surface area contributed by atoms with Crippen molar-refractivity contribution in [3.63, 3.8) is 0 Å². The normalized spacial score (nSPS) is 16.2. The van der Waals surface area contributed by atoms with Gasteiger partial charge in [0, 0.05) is 30.6 Å². The highest BCUT2D eigenvalue weighted by Crippen LogP contribution is 2.22. The number of nitrogens with zero attached hydrogens (tertiary/aromatic N) is 1. The lowest BCUT2D eigenvalue weighted by Gasteiger charge is -2.31. The number of amides is 1. The Morgan fingerprint density at radius 3 is 2.61 bits per heavy atom. The monoisotopic (exact) mass is 421 g/mol. The van der Waals surface area contributed by atoms with Gasteiger partial charge in [-0.1, -0.05) is 6.07 Å². The minimum Gasteiger partial charge on any atom is -0.326 e. The number of piperidine rings is 1. The fourth-order valence-electron chi connectivity index (χ4n) is 3.51. The third-order valence-electron chi connectivity index (χ3n) is 5.01. The van der Waals surface area contributed by atoms with E-state index in [-0.39, 0.29) is 10.8 Å². The quantitative estimate of drug-likeness (QED) is 0.720. The van der Waals surface area contributed by atoms with Crippen molar-refractivity contribution in [3.8, 4) is 0 Å². The van der Waals surface area contributed by atoms with E-state index >= 15 is 0 Å². The zero-order chi connectivity index (χ0) is 20.1. The van der Waals surface area contributed by atoms with Crippen LogP contribution >= 0.6 is 11.3 Å². The first-order valence-corrected chi connectivity index (χ1v) is 11.8. The largest absolute Gasteiger partial charge is 0.326 e. The molecule has 0 saturated carbocycles. The molecule has 3 rings (SSSR count). The number of nitrogens with one attached hydrogen (secondary N) is 2. The molecule has 152 valence electrons. The number of hydrogen-bond donors (Lipinski definition) is 2. The molecule has 1 amide bonds. The summed E-state index contributed by atoms with van der Waals surface area (Å²) in [5.41, 5.74) is 1.21. The van der Waals surface area contributed by atoms with Crippen molar-refractivity contribution < 1.29 is 13.2 Å². The van der Waals surface area contributed by atoms with Gasteiger partial charge in [0.2, 0.25) is 15.9 Å². The summed E-state index contributed by atoms with van der Waals surface area (Å²) in [6, 6.07) is 9.08. The van der Waals surface area contributed by atoms with Crippen LogP contribution in [-0.2, 0) is 21.4 Å². The van der Waals surface area contributed by atoms with E-state index in [0.717, 1.165) is 32.5 Å². The van der Waals surface area contributed by atoms with Gasteiger partial charge in [0.15, 0.2) is 0 Å². The Hall–Kier alpha value is -1.74. The van der Waals surface area contributed by atoms with Crippen LogP contribution in [0, 0.1) is 12.8 Å². The second kappa shape index (κ2) is 9.17. The molecule has 1 saturated heterocycles. The maximum absolute atomic E-state index is 12.7. The number of thiophene rings is 1. The number of carbonyl (C=O) groups excluding carboxylic acids is 1. The molecule has 1 aromatic heterocycles. The molecule has 28 heavy (non-hydrogen) atoms. The van der Waals surface area contributed by atoms with Crippen LogP contribution < -0.4 is 10.0 Å². The molecule has 2 heterocycles. The summed E-state index contributed by atoms with van der Waals surface area (Å²) in [5, 5.41) is 4.77. The molecule has 0 spiro atoms. The lowest BCUT2D eigenvalue weighted by Crippen LogP contribution is -2.38. The number of rotatable bonds is 7. The molecule has 0 aliphatic carbocycles. The summed E-state index contributed by atoms with van der Waals surface area (Å²) in [7, 11) is -3.56. The van der Waals surface area contributed by atoms with Gasteiger partial charge in [0.05, 0.1) is 4.90 Å². The van der Waals surface area contributed by atoms with Gasteiger partial charge in [-0.25, -0.2) is 13.1 Å². The number of anilines is 1. The number of aryl methyl sites for hydroxylation is 1. The van der Waals surface area contributed by atoms with Crippen molar-refractivity contribution in [3.05, 3.63) is 46.2 Å². The number of hydrogen-bond acceptors (Lipinski definition) is 5. The average Bonchev–Trinajstić information content (AvgIpc) is 3.13. The molecule has 8 heteroatoms. The first kappa shape index (κ1) is 21.0. The molecule has 0 radical (unpaired) electrons. The van der Waals surface area contributed by atoms with Crippen LogP contribution in [0.5, 0.6) is 0 Å². The van der Waals surface area contributed by atoms with Crippen LogP contribution in [0.1, 0.15) is 30.2 Å². The molecule has 0 bridgehead atoms. The third kappa shape index (κ3) is 5.64. The van der Waals surface area contributed by atoms with Gasteiger partial charge in [-0.15, -0.1) is 11.3 Å². The minimum atomic E-state index is -3.56. The van der Waals surface area contributed by atoms with E-state index in [0.29, 0.717) is 23.7 Å². The first-order chi connectivity index (χ1) is 13.3. The topological polar surface area (TPSA) is 78.5 Å². The van der Waals surface area contributed by atoms with E-state index in [1.807, 2.05) is 0 Å². The Labute approximate surface area is 171 Å². The molecule has 1 aliphatic heterocycles. The van der Waals surface area contributed by atoms with Crippen molar-refractivity contribution in [1.29, 1.82) is 0 Å². The molecule has 1 fully saturated rings. The molecule has 0 atom stereocenters. The van der Waals surface area contributed by atoms with Gasteiger partial charge < -0.3 is 5.32 Å². The number of carbonyl (C=O) groups is 1. The minimum absolute atomic E-state index is 0.182. The zero-order valence-corrected chi connectivity index (χ0v) is 17.9. The highest BCUT2D eigenvalue weighted by molar-refractivity contribution is 7.89. The predicted molar refractivity (Wildman–Crippen MR) is 113 cm³/mol. The molecule has 6 nitrogen and oxygen atoms in total. The third-order valence-corrected chi connectivity index (χ3v) is 7.46. The second-order valence-corrected chi connectivity index (χ2v) is 10.1. The maximum atomic E-state index is 12.7. The van der Waals surface area contributed by atoms with Gasteiger partial charge in [0.25, 0.3) is 0 Å². The van der Waals surface area contributed by atoms with E-state index in [4.69, 9.17) is 0 Å². The van der Waals surface area contributed by atoms with Gasteiger partial charge >= 0.3 is 0 Å². The standard InChI is InChI=1S/C20H27N3O3S2/c1-15-12-18(22-16(2)24)5-6-20(15)28(25,26)21-13-17-7-9-23(10-8-17)14-19-4-3-11-27-19/h3-6,11-12,17,21H,7-10,13-14H2,1-2H3,(H,22,24). The summed E-state index contributed by atoms with van der Waals surface area (Å²) >= 11 is 1.78. The fourth-order valence-corrected chi connectivity index (χ4v) is 5.60. The van der Waals surface area contributed by atoms with Gasteiger partial charge in [-0.05, 0) is 74.0 Å². The van der Waals surface area contributed by atoms with Crippen molar-refractivity contribution in [2.24, 2.45) is 5.92 Å². The average molecular weight is 422 g/mol. The molecule has 1 aromatic carbocycles. The fraction of sp³-hybridized carbons (Fsp3) is 0.450. The highest BCUT2D eigenvalue weighted by Gasteiger charge is 2.23. The lowest BCUT2D eigenvalue weighted by molar-refractivity contribution is -0.114. The van der Waals surface area contributed by atoms with Crippen molar-refractivity contribution >= 4 is 33.0 Å². The maximum Gasteiger partial charge on any atom is 0.240 e. The van der Waals surface area contributed by atoms with E-state index in [2.05, 4.69) is 32.5 Å². The van der Waals surface area contributed by atoms with Crippen LogP contribution in [0.15, 0.2) is 40.6 Å². The number of benzene rings is 1. The van der Waals surface area contributed by atoms with Crippen LogP contribution in [0.2, 0.25) is 0 Å². The van der Waals surface area contributed by atoms with E-state index in [1.165, 1.54) is 11.8 Å². The van der Waals surface area contributed by atoms with E-state index in [1.54, 1.807) is 36.5 Å². The van der Waals surface area contributed by atoms with E-state index in [9.17, 15) is 13.2 Å². The smallest absolute Gasteiger partial charge is 0.240 e. The van der Waals surface area contributed by atoms with Crippen LogP contribution in [0.25, 0.3) is 0 Å². The van der Waals surface area contributed by atoms with E-state index < -0.39 is 10.0 Å². The van der Waals surface area contributed by atoms with Crippen LogP contribution in [0.3, 0.4) is 0 Å². The summed E-state index contributed by atoms with van der Waals surface area (Å²) in [6.07, 6.45) is 1.99. The van der Waals surface area contributed by atoms with Crippen LogP contribution in [-0.4, -0.2) is 38.9 Å². The summed E-state index contributed by atoms with van der Waals surface area (Å²) in [6.45, 7) is 6.59. The molecular weight excluding hydrogens is 394 g/mol. The molecule has 1 aliphatic rings. The molecule has 2 N–H and O–H groups in total. The molecular formula is C20H27N3O3S2. The Kier molecular flexibility index (Phi) is 6.87. The Bertz CT molecular complexity index is 903. The number of sulfonamides is 1. The number of likely N-dealkylation sites (tertiary alicyclic amines) is 1. The van der Waals surface area contributed by atoms with Gasteiger partial charge in [0.1, 0.15) is 0 Å². The Morgan fingerprint density at radius 2 is 2.00 bits per heavy atom. The van der Waals surface area contributed by atoms with Gasteiger partial charge in [-0.2, -0.15) is 0 Å². The van der Waals surface area contributed by atoms with Gasteiger partial charge in [-0.3, -0.25) is 9.69 Å². The van der Waals surface area contributed by atoms with Crippen molar-refractivity contribution in [1.82, 2.24) is 9.62 Å².